The first kappa shape index (κ1) is 12.8. The van der Waals surface area contributed by atoms with Crippen LogP contribution in [-0.4, -0.2) is 40.1 Å². The summed E-state index contributed by atoms with van der Waals surface area (Å²) in [5, 5.41) is 9.82. The third-order valence-corrected chi connectivity index (χ3v) is 3.51. The van der Waals surface area contributed by atoms with Crippen LogP contribution in [0.4, 0.5) is 5.69 Å². The first-order valence-corrected chi connectivity index (χ1v) is 6.18. The maximum atomic E-state index is 12.3. The SMILES string of the molecule is Cc1cc(N)c(C(=O)N2CCC(C)C(O)C2)cn1. The molecule has 18 heavy (non-hydrogen) atoms. The number of hydrogen-bond donors (Lipinski definition) is 2. The van der Waals surface area contributed by atoms with Gasteiger partial charge in [0.2, 0.25) is 0 Å². The molecule has 1 aromatic heterocycles. The third-order valence-electron chi connectivity index (χ3n) is 3.51. The smallest absolute Gasteiger partial charge is 0.257 e. The molecule has 1 aromatic rings. The molecule has 98 valence electrons. The van der Waals surface area contributed by atoms with Crippen molar-refractivity contribution in [2.45, 2.75) is 26.4 Å². The van der Waals surface area contributed by atoms with Crippen molar-refractivity contribution in [3.8, 4) is 0 Å². The van der Waals surface area contributed by atoms with Gasteiger partial charge < -0.3 is 15.7 Å². The highest BCUT2D eigenvalue weighted by Crippen LogP contribution is 2.21. The van der Waals surface area contributed by atoms with E-state index < -0.39 is 6.10 Å². The van der Waals surface area contributed by atoms with Crippen LogP contribution < -0.4 is 5.73 Å². The number of amides is 1. The van der Waals surface area contributed by atoms with Crippen molar-refractivity contribution in [2.75, 3.05) is 18.8 Å². The summed E-state index contributed by atoms with van der Waals surface area (Å²) < 4.78 is 0. The van der Waals surface area contributed by atoms with E-state index in [1.54, 1.807) is 11.0 Å². The number of pyridine rings is 1. The summed E-state index contributed by atoms with van der Waals surface area (Å²) in [5.74, 6) is 0.0912. The van der Waals surface area contributed by atoms with Gasteiger partial charge in [-0.3, -0.25) is 9.78 Å². The second-order valence-electron chi connectivity index (χ2n) is 5.00. The molecule has 1 amide bonds. The van der Waals surface area contributed by atoms with Gasteiger partial charge in [-0.15, -0.1) is 0 Å². The molecular formula is C13H19N3O2. The number of aliphatic hydroxyl groups excluding tert-OH is 1. The van der Waals surface area contributed by atoms with Crippen molar-refractivity contribution in [3.63, 3.8) is 0 Å². The summed E-state index contributed by atoms with van der Waals surface area (Å²) in [4.78, 5) is 18.0. The lowest BCUT2D eigenvalue weighted by molar-refractivity contribution is 0.0249. The predicted octanol–water partition coefficient (Wildman–Crippen LogP) is 0.815. The average molecular weight is 249 g/mol. The van der Waals surface area contributed by atoms with Gasteiger partial charge in [-0.05, 0) is 25.3 Å². The molecule has 5 heteroatoms. The molecule has 0 aromatic carbocycles. The quantitative estimate of drug-likeness (QED) is 0.772. The molecule has 2 heterocycles. The molecule has 2 atom stereocenters. The molecule has 3 N–H and O–H groups in total. The van der Waals surface area contributed by atoms with Gasteiger partial charge in [0.15, 0.2) is 0 Å². The topological polar surface area (TPSA) is 79.5 Å². The molecule has 0 aliphatic carbocycles. The highest BCUT2D eigenvalue weighted by Gasteiger charge is 2.28. The minimum Gasteiger partial charge on any atom is -0.398 e. The molecule has 1 fully saturated rings. The van der Waals surface area contributed by atoms with Crippen LogP contribution >= 0.6 is 0 Å². The van der Waals surface area contributed by atoms with E-state index in [9.17, 15) is 9.90 Å². The Bertz CT molecular complexity index is 462. The van der Waals surface area contributed by atoms with E-state index in [-0.39, 0.29) is 11.8 Å². The van der Waals surface area contributed by atoms with Gasteiger partial charge in [-0.25, -0.2) is 0 Å². The number of carbonyl (C=O) groups excluding carboxylic acids is 1. The number of carbonyl (C=O) groups is 1. The number of piperidine rings is 1. The van der Waals surface area contributed by atoms with E-state index in [2.05, 4.69) is 4.98 Å². The van der Waals surface area contributed by atoms with E-state index in [1.165, 1.54) is 6.20 Å². The molecular weight excluding hydrogens is 230 g/mol. The number of aliphatic hydroxyl groups is 1. The number of hydrogen-bond acceptors (Lipinski definition) is 4. The second kappa shape index (κ2) is 4.94. The molecule has 0 radical (unpaired) electrons. The zero-order valence-electron chi connectivity index (χ0n) is 10.8. The minimum atomic E-state index is -0.456. The third kappa shape index (κ3) is 2.46. The van der Waals surface area contributed by atoms with Gasteiger partial charge >= 0.3 is 0 Å². The molecule has 0 bridgehead atoms. The number of nitrogens with zero attached hydrogens (tertiary/aromatic N) is 2. The lowest BCUT2D eigenvalue weighted by Gasteiger charge is -2.34. The minimum absolute atomic E-state index is 0.147. The largest absolute Gasteiger partial charge is 0.398 e. The van der Waals surface area contributed by atoms with Crippen molar-refractivity contribution < 1.29 is 9.90 Å². The van der Waals surface area contributed by atoms with E-state index in [1.807, 2.05) is 13.8 Å². The highest BCUT2D eigenvalue weighted by molar-refractivity contribution is 5.98. The number of likely N-dealkylation sites (tertiary alicyclic amines) is 1. The number of nitrogens with two attached hydrogens (primary N) is 1. The lowest BCUT2D eigenvalue weighted by Crippen LogP contribution is -2.46. The number of aryl methyl sites for hydroxylation is 1. The Morgan fingerprint density at radius 3 is 2.94 bits per heavy atom. The maximum absolute atomic E-state index is 12.3. The van der Waals surface area contributed by atoms with E-state index >= 15 is 0 Å². The van der Waals surface area contributed by atoms with Crippen LogP contribution in [-0.2, 0) is 0 Å². The molecule has 1 aliphatic heterocycles. The fourth-order valence-corrected chi connectivity index (χ4v) is 2.16. The Morgan fingerprint density at radius 1 is 1.61 bits per heavy atom. The Balaban J connectivity index is 2.16. The summed E-state index contributed by atoms with van der Waals surface area (Å²) in [7, 11) is 0. The molecule has 1 aliphatic rings. The van der Waals surface area contributed by atoms with Gasteiger partial charge in [-0.1, -0.05) is 6.92 Å². The molecule has 0 saturated carbocycles. The number of anilines is 1. The van der Waals surface area contributed by atoms with Crippen molar-refractivity contribution in [3.05, 3.63) is 23.5 Å². The predicted molar refractivity (Wildman–Crippen MR) is 69.1 cm³/mol. The van der Waals surface area contributed by atoms with Gasteiger partial charge in [0, 0.05) is 30.7 Å². The van der Waals surface area contributed by atoms with Crippen LogP contribution in [0.1, 0.15) is 29.4 Å². The normalized spacial score (nSPS) is 24.1. The van der Waals surface area contributed by atoms with Gasteiger partial charge in [0.25, 0.3) is 5.91 Å². The molecule has 5 nitrogen and oxygen atoms in total. The summed E-state index contributed by atoms with van der Waals surface area (Å²) in [5.41, 5.74) is 7.49. The van der Waals surface area contributed by atoms with E-state index in [4.69, 9.17) is 5.73 Å². The number of rotatable bonds is 1. The monoisotopic (exact) mass is 249 g/mol. The van der Waals surface area contributed by atoms with Crippen molar-refractivity contribution >= 4 is 11.6 Å². The van der Waals surface area contributed by atoms with Gasteiger partial charge in [0.1, 0.15) is 0 Å². The lowest BCUT2D eigenvalue weighted by atomic mass is 9.95. The van der Waals surface area contributed by atoms with Crippen LogP contribution in [0.15, 0.2) is 12.3 Å². The van der Waals surface area contributed by atoms with Crippen LogP contribution in [0.25, 0.3) is 0 Å². The van der Waals surface area contributed by atoms with Crippen LogP contribution in [0.5, 0.6) is 0 Å². The summed E-state index contributed by atoms with van der Waals surface area (Å²) in [6.45, 7) is 4.85. The Morgan fingerprint density at radius 2 is 2.33 bits per heavy atom. The number of aromatic nitrogens is 1. The second-order valence-corrected chi connectivity index (χ2v) is 5.00. The standard InChI is InChI=1S/C13H19N3O2/c1-8-3-4-16(7-12(8)17)13(18)10-6-15-9(2)5-11(10)14/h5-6,8,12,17H,3-4,7H2,1-2H3,(H2,14,15). The number of β-amino-alcohol motifs (C(OH)–C–C–N with tert-alkyl or cyclic N) is 1. The number of nitrogen functional groups attached to an aromatic ring is 1. The Labute approximate surface area is 107 Å². The van der Waals surface area contributed by atoms with Crippen molar-refractivity contribution in [1.82, 2.24) is 9.88 Å². The highest BCUT2D eigenvalue weighted by atomic mass is 16.3. The fraction of sp³-hybridized carbons (Fsp3) is 0.538. The summed E-state index contributed by atoms with van der Waals surface area (Å²) in [6, 6.07) is 1.69. The van der Waals surface area contributed by atoms with Gasteiger partial charge in [0.05, 0.1) is 11.7 Å². The molecule has 2 unspecified atom stereocenters. The van der Waals surface area contributed by atoms with Gasteiger partial charge in [-0.2, -0.15) is 0 Å². The first-order valence-electron chi connectivity index (χ1n) is 6.18. The maximum Gasteiger partial charge on any atom is 0.257 e. The van der Waals surface area contributed by atoms with E-state index in [0.717, 1.165) is 12.1 Å². The van der Waals surface area contributed by atoms with Crippen LogP contribution in [0, 0.1) is 12.8 Å². The van der Waals surface area contributed by atoms with Crippen molar-refractivity contribution in [1.29, 1.82) is 0 Å². The first-order chi connectivity index (χ1) is 8.49. The molecule has 0 spiro atoms. The molecule has 1 saturated heterocycles. The summed E-state index contributed by atoms with van der Waals surface area (Å²) in [6.07, 6.45) is 1.87. The Hall–Kier alpha value is -1.62. The van der Waals surface area contributed by atoms with E-state index in [0.29, 0.717) is 24.3 Å². The Kier molecular flexibility index (Phi) is 3.52. The molecule has 2 rings (SSSR count). The summed E-state index contributed by atoms with van der Waals surface area (Å²) >= 11 is 0. The average Bonchev–Trinajstić information content (AvgIpc) is 2.32. The van der Waals surface area contributed by atoms with Crippen molar-refractivity contribution in [2.24, 2.45) is 5.92 Å². The zero-order valence-corrected chi connectivity index (χ0v) is 10.8. The zero-order chi connectivity index (χ0) is 13.3. The fourth-order valence-electron chi connectivity index (χ4n) is 2.16. The van der Waals surface area contributed by atoms with Crippen LogP contribution in [0.2, 0.25) is 0 Å². The van der Waals surface area contributed by atoms with Crippen LogP contribution in [0.3, 0.4) is 0 Å².